The fourth-order valence-electron chi connectivity index (χ4n) is 4.20. The molecule has 3 heterocycles. The zero-order chi connectivity index (χ0) is 22.2. The van der Waals surface area contributed by atoms with Gasteiger partial charge in [0.15, 0.2) is 0 Å². The van der Waals surface area contributed by atoms with Crippen molar-refractivity contribution in [2.75, 3.05) is 26.0 Å². The van der Waals surface area contributed by atoms with Crippen molar-refractivity contribution < 1.29 is 17.6 Å². The van der Waals surface area contributed by atoms with Crippen molar-refractivity contribution in [1.82, 2.24) is 9.21 Å². The first-order valence-electron chi connectivity index (χ1n) is 10.4. The van der Waals surface area contributed by atoms with Crippen LogP contribution >= 0.6 is 15.9 Å². The van der Waals surface area contributed by atoms with Crippen molar-refractivity contribution in [2.24, 2.45) is 5.92 Å². The minimum Gasteiger partial charge on any atom is -0.486 e. The average Bonchev–Trinajstić information content (AvgIpc) is 3.15. The minimum atomic E-state index is -3.14. The first kappa shape index (κ1) is 22.5. The zero-order valence-corrected chi connectivity index (χ0v) is 20.1. The second-order valence-corrected chi connectivity index (χ2v) is 11.3. The number of halogens is 1. The van der Waals surface area contributed by atoms with Crippen LogP contribution in [0.25, 0.3) is 0 Å². The van der Waals surface area contributed by atoms with Crippen molar-refractivity contribution in [3.05, 3.63) is 62.1 Å². The molecule has 0 spiro atoms. The van der Waals surface area contributed by atoms with Gasteiger partial charge in [-0.25, -0.2) is 12.7 Å². The SMILES string of the molecule is CC(c1cc(=O)c(OCC2CCN(S(C)(=O)=O)CC2)co1)N1Cc2ccc(Br)cc2C1. The van der Waals surface area contributed by atoms with Crippen LogP contribution in [0.4, 0.5) is 0 Å². The van der Waals surface area contributed by atoms with Gasteiger partial charge in [0, 0.05) is 36.7 Å². The number of nitrogens with zero attached hydrogens (tertiary/aromatic N) is 2. The van der Waals surface area contributed by atoms with Crippen LogP contribution in [0.1, 0.15) is 42.7 Å². The molecule has 9 heteroatoms. The number of benzene rings is 1. The summed E-state index contributed by atoms with van der Waals surface area (Å²) < 4.78 is 37.3. The molecule has 0 radical (unpaired) electrons. The fraction of sp³-hybridized carbons (Fsp3) is 0.500. The number of piperidine rings is 1. The van der Waals surface area contributed by atoms with Gasteiger partial charge in [0.2, 0.25) is 21.2 Å². The molecular formula is C22H27BrN2O5S. The third kappa shape index (κ3) is 5.22. The van der Waals surface area contributed by atoms with E-state index in [0.717, 1.165) is 30.4 Å². The van der Waals surface area contributed by atoms with Crippen LogP contribution in [0.15, 0.2) is 44.2 Å². The molecule has 2 aromatic rings. The second-order valence-electron chi connectivity index (χ2n) is 8.42. The monoisotopic (exact) mass is 510 g/mol. The van der Waals surface area contributed by atoms with E-state index in [9.17, 15) is 13.2 Å². The number of hydrogen-bond donors (Lipinski definition) is 0. The predicted octanol–water partition coefficient (Wildman–Crippen LogP) is 3.53. The molecule has 7 nitrogen and oxygen atoms in total. The summed E-state index contributed by atoms with van der Waals surface area (Å²) in [6.45, 7) is 5.03. The van der Waals surface area contributed by atoms with Gasteiger partial charge in [-0.15, -0.1) is 0 Å². The van der Waals surface area contributed by atoms with Crippen molar-refractivity contribution in [3.8, 4) is 5.75 Å². The Morgan fingerprint density at radius 3 is 2.58 bits per heavy atom. The smallest absolute Gasteiger partial charge is 0.227 e. The lowest BCUT2D eigenvalue weighted by Gasteiger charge is -2.29. The molecule has 2 aliphatic rings. The van der Waals surface area contributed by atoms with Gasteiger partial charge in [-0.1, -0.05) is 22.0 Å². The Bertz CT molecular complexity index is 1110. The Balaban J connectivity index is 1.34. The van der Waals surface area contributed by atoms with Crippen LogP contribution in [0.5, 0.6) is 5.75 Å². The summed E-state index contributed by atoms with van der Waals surface area (Å²) in [5.41, 5.74) is 2.38. The van der Waals surface area contributed by atoms with E-state index >= 15 is 0 Å². The average molecular weight is 511 g/mol. The molecule has 4 rings (SSSR count). The Morgan fingerprint density at radius 1 is 1.19 bits per heavy atom. The number of rotatable bonds is 6. The van der Waals surface area contributed by atoms with Crippen LogP contribution in [0, 0.1) is 5.92 Å². The van der Waals surface area contributed by atoms with E-state index in [1.165, 1.54) is 34.0 Å². The van der Waals surface area contributed by atoms with Gasteiger partial charge in [0.25, 0.3) is 0 Å². The Labute approximate surface area is 191 Å². The van der Waals surface area contributed by atoms with E-state index < -0.39 is 10.0 Å². The van der Waals surface area contributed by atoms with Gasteiger partial charge >= 0.3 is 0 Å². The lowest BCUT2D eigenvalue weighted by molar-refractivity contribution is 0.173. The molecule has 31 heavy (non-hydrogen) atoms. The number of hydrogen-bond acceptors (Lipinski definition) is 6. The minimum absolute atomic E-state index is 0.0340. The number of fused-ring (bicyclic) bond motifs is 1. The van der Waals surface area contributed by atoms with Crippen LogP contribution in [-0.2, 0) is 23.1 Å². The molecular weight excluding hydrogens is 484 g/mol. The molecule has 1 fully saturated rings. The molecule has 168 valence electrons. The van der Waals surface area contributed by atoms with E-state index in [4.69, 9.17) is 9.15 Å². The first-order valence-corrected chi connectivity index (χ1v) is 13.1. The normalized spacial score (nSPS) is 19.3. The van der Waals surface area contributed by atoms with Crippen LogP contribution in [0.2, 0.25) is 0 Å². The summed E-state index contributed by atoms with van der Waals surface area (Å²) in [6, 6.07) is 7.79. The summed E-state index contributed by atoms with van der Waals surface area (Å²) in [6.07, 6.45) is 4.08. The van der Waals surface area contributed by atoms with Gasteiger partial charge in [0.05, 0.1) is 18.9 Å². The highest BCUT2D eigenvalue weighted by atomic mass is 79.9. The topological polar surface area (TPSA) is 80.1 Å². The zero-order valence-electron chi connectivity index (χ0n) is 17.7. The second kappa shape index (κ2) is 9.05. The number of sulfonamides is 1. The van der Waals surface area contributed by atoms with Gasteiger partial charge < -0.3 is 9.15 Å². The van der Waals surface area contributed by atoms with Crippen LogP contribution in [0.3, 0.4) is 0 Å². The molecule has 0 N–H and O–H groups in total. The first-order chi connectivity index (χ1) is 14.7. The van der Waals surface area contributed by atoms with Gasteiger partial charge in [-0.05, 0) is 48.9 Å². The maximum absolute atomic E-state index is 12.6. The van der Waals surface area contributed by atoms with Crippen LogP contribution in [-0.4, -0.2) is 43.6 Å². The summed E-state index contributed by atoms with van der Waals surface area (Å²) in [5, 5.41) is 0. The third-order valence-electron chi connectivity index (χ3n) is 6.21. The predicted molar refractivity (Wildman–Crippen MR) is 121 cm³/mol. The van der Waals surface area contributed by atoms with E-state index in [1.54, 1.807) is 0 Å². The summed E-state index contributed by atoms with van der Waals surface area (Å²) in [4.78, 5) is 14.9. The molecule has 1 unspecified atom stereocenters. The van der Waals surface area contributed by atoms with Crippen molar-refractivity contribution in [3.63, 3.8) is 0 Å². The number of ether oxygens (including phenoxy) is 1. The largest absolute Gasteiger partial charge is 0.486 e. The van der Waals surface area contributed by atoms with E-state index in [0.29, 0.717) is 25.5 Å². The fourth-order valence-corrected chi connectivity index (χ4v) is 5.48. The van der Waals surface area contributed by atoms with E-state index in [1.807, 2.05) is 13.0 Å². The Morgan fingerprint density at radius 2 is 1.90 bits per heavy atom. The quantitative estimate of drug-likeness (QED) is 0.591. The van der Waals surface area contributed by atoms with Gasteiger partial charge in [0.1, 0.15) is 12.0 Å². The molecule has 1 aromatic carbocycles. The summed E-state index contributed by atoms with van der Waals surface area (Å²) >= 11 is 3.52. The Hall–Kier alpha value is -1.68. The van der Waals surface area contributed by atoms with E-state index in [-0.39, 0.29) is 23.1 Å². The van der Waals surface area contributed by atoms with Crippen molar-refractivity contribution in [1.29, 1.82) is 0 Å². The Kier molecular flexibility index (Phi) is 6.57. The molecule has 2 aliphatic heterocycles. The lowest BCUT2D eigenvalue weighted by Crippen LogP contribution is -2.39. The maximum Gasteiger partial charge on any atom is 0.227 e. The van der Waals surface area contributed by atoms with Crippen LogP contribution < -0.4 is 10.2 Å². The summed E-state index contributed by atoms with van der Waals surface area (Å²) in [7, 11) is -3.14. The standard InChI is InChI=1S/C22H27BrN2O5S/c1-15(24-11-17-3-4-19(23)9-18(17)12-24)21-10-20(26)22(14-30-21)29-13-16-5-7-25(8-6-16)31(2,27)28/h3-4,9-10,14-16H,5-8,11-13H2,1-2H3. The van der Waals surface area contributed by atoms with Crippen molar-refractivity contribution >= 4 is 26.0 Å². The highest BCUT2D eigenvalue weighted by Crippen LogP contribution is 2.32. The van der Waals surface area contributed by atoms with Crippen molar-refractivity contribution in [2.45, 2.75) is 38.9 Å². The molecule has 1 aromatic heterocycles. The lowest BCUT2D eigenvalue weighted by atomic mass is 9.99. The molecule has 0 bridgehead atoms. The highest BCUT2D eigenvalue weighted by Gasteiger charge is 2.27. The molecule has 0 saturated carbocycles. The molecule has 0 amide bonds. The summed E-state index contributed by atoms with van der Waals surface area (Å²) in [5.74, 6) is 1.04. The van der Waals surface area contributed by atoms with Gasteiger partial charge in [-0.3, -0.25) is 9.69 Å². The third-order valence-corrected chi connectivity index (χ3v) is 8.01. The maximum atomic E-state index is 12.6. The molecule has 1 saturated heterocycles. The van der Waals surface area contributed by atoms with E-state index in [2.05, 4.69) is 33.0 Å². The highest BCUT2D eigenvalue weighted by molar-refractivity contribution is 9.10. The van der Waals surface area contributed by atoms with Gasteiger partial charge in [-0.2, -0.15) is 0 Å². The molecule has 0 aliphatic carbocycles. The molecule has 1 atom stereocenters.